The van der Waals surface area contributed by atoms with Gasteiger partial charge in [0.1, 0.15) is 0 Å². The number of hydrogen-bond donors (Lipinski definition) is 2. The third kappa shape index (κ3) is 4.55. The summed E-state index contributed by atoms with van der Waals surface area (Å²) in [7, 11) is 0. The van der Waals surface area contributed by atoms with E-state index in [1.165, 1.54) is 0 Å². The van der Waals surface area contributed by atoms with Gasteiger partial charge in [-0.15, -0.1) is 0 Å². The first-order valence-corrected chi connectivity index (χ1v) is 12.8. The second-order valence-electron chi connectivity index (χ2n) is 9.68. The number of nitrogens with one attached hydrogen (secondary N) is 1. The Bertz CT molecular complexity index is 1670. The number of amides is 1. The van der Waals surface area contributed by atoms with Gasteiger partial charge in [-0.1, -0.05) is 66.2 Å². The highest BCUT2D eigenvalue weighted by Crippen LogP contribution is 2.46. The van der Waals surface area contributed by atoms with Gasteiger partial charge in [-0.2, -0.15) is 5.10 Å². The average Bonchev–Trinajstić information content (AvgIpc) is 3.60. The van der Waals surface area contributed by atoms with Gasteiger partial charge in [-0.05, 0) is 71.5 Å². The van der Waals surface area contributed by atoms with Crippen LogP contribution in [0.15, 0.2) is 97.2 Å². The number of carbonyl (C=O) groups excluding carboxylic acids is 1. The van der Waals surface area contributed by atoms with E-state index in [9.17, 15) is 14.7 Å². The fraction of sp³-hybridized carbons (Fsp3) is 0.129. The Hall–Kier alpha value is -4.42. The first-order valence-electron chi connectivity index (χ1n) is 12.4. The Balaban J connectivity index is 1.41. The summed E-state index contributed by atoms with van der Waals surface area (Å²) in [5, 5.41) is 18.7. The Morgan fingerprint density at radius 3 is 2.37 bits per heavy atom. The molecule has 2 N–H and O–H groups in total. The zero-order valence-corrected chi connectivity index (χ0v) is 21.2. The van der Waals surface area contributed by atoms with Crippen molar-refractivity contribution in [1.29, 1.82) is 0 Å². The highest BCUT2D eigenvalue weighted by molar-refractivity contribution is 6.30. The van der Waals surface area contributed by atoms with Crippen molar-refractivity contribution in [3.8, 4) is 11.1 Å². The van der Waals surface area contributed by atoms with E-state index in [0.29, 0.717) is 17.1 Å². The predicted octanol–water partition coefficient (Wildman–Crippen LogP) is 6.52. The Morgan fingerprint density at radius 1 is 0.921 bits per heavy atom. The number of aromatic nitrogens is 2. The summed E-state index contributed by atoms with van der Waals surface area (Å²) < 4.78 is 1.84. The van der Waals surface area contributed by atoms with Crippen LogP contribution in [0.5, 0.6) is 0 Å². The molecule has 0 atom stereocenters. The number of hydrogen-bond acceptors (Lipinski definition) is 3. The monoisotopic (exact) mass is 521 g/mol. The Kier molecular flexibility index (Phi) is 5.97. The number of aromatic carboxylic acids is 1. The maximum atomic E-state index is 13.9. The number of fused-ring (bicyclic) bond motifs is 1. The van der Waals surface area contributed by atoms with Crippen LogP contribution in [-0.4, -0.2) is 26.8 Å². The zero-order chi connectivity index (χ0) is 26.3. The SMILES string of the molecule is O=C(O)c1ccc(C2(NC(=O)c3cc(-c4ccccc4)cc4cnn(Cc5cccc(Cl)c5)c34)CC2)cc1. The lowest BCUT2D eigenvalue weighted by Gasteiger charge is -2.19. The van der Waals surface area contributed by atoms with E-state index in [1.54, 1.807) is 30.5 Å². The molecule has 1 aliphatic rings. The molecule has 0 saturated heterocycles. The highest BCUT2D eigenvalue weighted by atomic mass is 35.5. The van der Waals surface area contributed by atoms with E-state index in [0.717, 1.165) is 46.0 Å². The van der Waals surface area contributed by atoms with Crippen molar-refractivity contribution in [3.05, 3.63) is 124 Å². The number of carboxylic acid groups (broad SMARTS) is 1. The van der Waals surface area contributed by atoms with Gasteiger partial charge in [0.2, 0.25) is 0 Å². The summed E-state index contributed by atoms with van der Waals surface area (Å²) in [4.78, 5) is 25.2. The molecule has 5 aromatic rings. The molecule has 38 heavy (non-hydrogen) atoms. The fourth-order valence-electron chi connectivity index (χ4n) is 4.96. The minimum Gasteiger partial charge on any atom is -0.478 e. The molecule has 1 saturated carbocycles. The molecule has 0 spiro atoms. The molecule has 1 aromatic heterocycles. The summed E-state index contributed by atoms with van der Waals surface area (Å²) in [6.45, 7) is 0.469. The summed E-state index contributed by atoms with van der Waals surface area (Å²) in [6.07, 6.45) is 3.36. The van der Waals surface area contributed by atoms with Crippen molar-refractivity contribution < 1.29 is 14.7 Å². The molecule has 0 aliphatic heterocycles. The van der Waals surface area contributed by atoms with Gasteiger partial charge in [-0.3, -0.25) is 9.48 Å². The Morgan fingerprint density at radius 2 is 1.68 bits per heavy atom. The lowest BCUT2D eigenvalue weighted by atomic mass is 9.98. The molecule has 6 rings (SSSR count). The molecular weight excluding hydrogens is 498 g/mol. The lowest BCUT2D eigenvalue weighted by Crippen LogP contribution is -2.35. The van der Waals surface area contributed by atoms with Crippen molar-refractivity contribution in [2.45, 2.75) is 24.9 Å². The number of nitrogens with zero attached hydrogens (tertiary/aromatic N) is 2. The molecule has 6 nitrogen and oxygen atoms in total. The average molecular weight is 522 g/mol. The van der Waals surface area contributed by atoms with E-state index in [4.69, 9.17) is 11.6 Å². The van der Waals surface area contributed by atoms with E-state index in [1.807, 2.05) is 65.3 Å². The van der Waals surface area contributed by atoms with Gasteiger partial charge in [0.05, 0.1) is 34.9 Å². The largest absolute Gasteiger partial charge is 0.478 e. The van der Waals surface area contributed by atoms with Crippen LogP contribution in [0.3, 0.4) is 0 Å². The second kappa shape index (κ2) is 9.47. The first-order chi connectivity index (χ1) is 18.4. The van der Waals surface area contributed by atoms with E-state index < -0.39 is 11.5 Å². The van der Waals surface area contributed by atoms with E-state index in [2.05, 4.69) is 16.5 Å². The van der Waals surface area contributed by atoms with Crippen molar-refractivity contribution in [2.24, 2.45) is 0 Å². The highest BCUT2D eigenvalue weighted by Gasteiger charge is 2.46. The number of carboxylic acids is 1. The summed E-state index contributed by atoms with van der Waals surface area (Å²) >= 11 is 6.21. The van der Waals surface area contributed by atoms with Crippen LogP contribution in [0.2, 0.25) is 5.02 Å². The molecule has 0 bridgehead atoms. The minimum atomic E-state index is -0.974. The van der Waals surface area contributed by atoms with Crippen LogP contribution < -0.4 is 5.32 Å². The quantitative estimate of drug-likeness (QED) is 0.255. The van der Waals surface area contributed by atoms with Gasteiger partial charge in [0.15, 0.2) is 0 Å². The molecule has 1 aliphatic carbocycles. The molecule has 1 heterocycles. The summed E-state index contributed by atoms with van der Waals surface area (Å²) in [6, 6.07) is 28.3. The molecule has 1 amide bonds. The van der Waals surface area contributed by atoms with E-state index in [-0.39, 0.29) is 11.5 Å². The third-order valence-electron chi connectivity index (χ3n) is 7.09. The minimum absolute atomic E-state index is 0.194. The second-order valence-corrected chi connectivity index (χ2v) is 10.1. The molecule has 4 aromatic carbocycles. The topological polar surface area (TPSA) is 84.2 Å². The predicted molar refractivity (Wildman–Crippen MR) is 148 cm³/mol. The van der Waals surface area contributed by atoms with Crippen LogP contribution in [0, 0.1) is 0 Å². The van der Waals surface area contributed by atoms with Crippen molar-refractivity contribution in [2.75, 3.05) is 0 Å². The van der Waals surface area contributed by atoms with Gasteiger partial charge >= 0.3 is 5.97 Å². The first kappa shape index (κ1) is 23.9. The molecular formula is C31H24ClN3O3. The van der Waals surface area contributed by atoms with Crippen LogP contribution in [-0.2, 0) is 12.1 Å². The Labute approximate surface area is 224 Å². The smallest absolute Gasteiger partial charge is 0.335 e. The fourth-order valence-corrected chi connectivity index (χ4v) is 5.17. The number of benzene rings is 4. The van der Waals surface area contributed by atoms with Crippen molar-refractivity contribution in [3.63, 3.8) is 0 Å². The maximum Gasteiger partial charge on any atom is 0.335 e. The molecule has 0 radical (unpaired) electrons. The molecule has 188 valence electrons. The van der Waals surface area contributed by atoms with Crippen molar-refractivity contribution in [1.82, 2.24) is 15.1 Å². The number of carbonyl (C=O) groups is 2. The van der Waals surface area contributed by atoms with Crippen LogP contribution >= 0.6 is 11.6 Å². The molecule has 1 fully saturated rings. The van der Waals surface area contributed by atoms with Crippen LogP contribution in [0.1, 0.15) is 44.7 Å². The maximum absolute atomic E-state index is 13.9. The summed E-state index contributed by atoms with van der Waals surface area (Å²) in [5.74, 6) is -1.17. The number of rotatable bonds is 7. The molecule has 7 heteroatoms. The summed E-state index contributed by atoms with van der Waals surface area (Å²) in [5.41, 5.74) is 4.82. The number of halogens is 1. The van der Waals surface area contributed by atoms with Crippen LogP contribution in [0.4, 0.5) is 0 Å². The zero-order valence-electron chi connectivity index (χ0n) is 20.4. The van der Waals surface area contributed by atoms with Crippen molar-refractivity contribution >= 4 is 34.4 Å². The standard InChI is InChI=1S/C31H24ClN3O3/c32-26-8-4-5-20(15-26)19-35-28-24(18-33-35)16-23(21-6-2-1-3-7-21)17-27(28)29(36)34-31(13-14-31)25-11-9-22(10-12-25)30(37)38/h1-12,15-18H,13-14,19H2,(H,34,36)(H,37,38). The lowest BCUT2D eigenvalue weighted by molar-refractivity contribution is 0.0696. The van der Waals surface area contributed by atoms with Crippen LogP contribution in [0.25, 0.3) is 22.0 Å². The van der Waals surface area contributed by atoms with Gasteiger partial charge in [-0.25, -0.2) is 4.79 Å². The third-order valence-corrected chi connectivity index (χ3v) is 7.33. The molecule has 0 unspecified atom stereocenters. The van der Waals surface area contributed by atoms with Gasteiger partial charge in [0.25, 0.3) is 5.91 Å². The van der Waals surface area contributed by atoms with Gasteiger partial charge < -0.3 is 10.4 Å². The van der Waals surface area contributed by atoms with E-state index >= 15 is 0 Å². The van der Waals surface area contributed by atoms with Gasteiger partial charge in [0, 0.05) is 10.4 Å². The normalized spacial score (nSPS) is 13.8.